The Kier molecular flexibility index (Phi) is 5.79. The summed E-state index contributed by atoms with van der Waals surface area (Å²) in [7, 11) is 0. The average molecular weight is 286 g/mol. The summed E-state index contributed by atoms with van der Waals surface area (Å²) >= 11 is 0. The molecule has 0 saturated carbocycles. The fourth-order valence-electron chi connectivity index (χ4n) is 2.68. The molecule has 0 aromatic heterocycles. The molecule has 3 N–H and O–H groups in total. The van der Waals surface area contributed by atoms with Crippen molar-refractivity contribution in [1.29, 1.82) is 0 Å². The smallest absolute Gasteiger partial charge is 0.254 e. The predicted octanol–water partition coefficient (Wildman–Crippen LogP) is 1.37. The molecule has 1 saturated heterocycles. The molecule has 0 spiro atoms. The minimum atomic E-state index is -0.0706. The van der Waals surface area contributed by atoms with Crippen LogP contribution in [0.15, 0.2) is 24.3 Å². The molecule has 2 rings (SSSR count). The summed E-state index contributed by atoms with van der Waals surface area (Å²) < 4.78 is 0. The average Bonchev–Trinajstić information content (AvgIpc) is 2.77. The second-order valence-corrected chi connectivity index (χ2v) is 5.27. The maximum atomic E-state index is 12.7. The van der Waals surface area contributed by atoms with E-state index in [1.54, 1.807) is 12.1 Å². The Hall–Kier alpha value is -1.83. The van der Waals surface area contributed by atoms with Crippen molar-refractivity contribution in [3.8, 4) is 11.8 Å². The van der Waals surface area contributed by atoms with E-state index in [1.165, 1.54) is 0 Å². The molecular weight excluding hydrogens is 264 g/mol. The number of nitrogens with zero attached hydrogens (tertiary/aromatic N) is 1. The molecule has 0 radical (unpaired) electrons. The zero-order valence-electron chi connectivity index (χ0n) is 12.2. The Morgan fingerprint density at radius 2 is 2.24 bits per heavy atom. The van der Waals surface area contributed by atoms with Gasteiger partial charge in [-0.1, -0.05) is 30.7 Å². The highest BCUT2D eigenvalue weighted by Crippen LogP contribution is 2.19. The van der Waals surface area contributed by atoms with E-state index < -0.39 is 0 Å². The van der Waals surface area contributed by atoms with Crippen LogP contribution in [-0.4, -0.2) is 41.7 Å². The van der Waals surface area contributed by atoms with Crippen LogP contribution < -0.4 is 5.73 Å². The molecule has 1 aromatic rings. The van der Waals surface area contributed by atoms with Crippen LogP contribution in [0.1, 0.15) is 41.6 Å². The van der Waals surface area contributed by atoms with Crippen LogP contribution in [0, 0.1) is 11.8 Å². The Morgan fingerprint density at radius 3 is 3.00 bits per heavy atom. The zero-order valence-corrected chi connectivity index (χ0v) is 12.2. The highest BCUT2D eigenvalue weighted by atomic mass is 16.3. The molecule has 1 aromatic carbocycles. The summed E-state index contributed by atoms with van der Waals surface area (Å²) in [6, 6.07) is 7.23. The van der Waals surface area contributed by atoms with Crippen molar-refractivity contribution in [2.24, 2.45) is 5.73 Å². The van der Waals surface area contributed by atoms with E-state index in [-0.39, 0.29) is 18.6 Å². The number of likely N-dealkylation sites (tertiary alicyclic amines) is 1. The fourth-order valence-corrected chi connectivity index (χ4v) is 2.68. The van der Waals surface area contributed by atoms with Gasteiger partial charge in [0.05, 0.1) is 19.2 Å². The van der Waals surface area contributed by atoms with Gasteiger partial charge in [0.15, 0.2) is 0 Å². The van der Waals surface area contributed by atoms with Crippen molar-refractivity contribution in [3.63, 3.8) is 0 Å². The van der Waals surface area contributed by atoms with E-state index in [9.17, 15) is 9.90 Å². The lowest BCUT2D eigenvalue weighted by Gasteiger charge is -2.28. The molecule has 4 nitrogen and oxygen atoms in total. The molecule has 112 valence electrons. The van der Waals surface area contributed by atoms with Gasteiger partial charge in [0.25, 0.3) is 5.91 Å². The van der Waals surface area contributed by atoms with E-state index in [1.807, 2.05) is 17.0 Å². The largest absolute Gasteiger partial charge is 0.394 e. The van der Waals surface area contributed by atoms with Crippen molar-refractivity contribution in [3.05, 3.63) is 35.4 Å². The molecule has 0 aliphatic carbocycles. The summed E-state index contributed by atoms with van der Waals surface area (Å²) in [5.41, 5.74) is 6.79. The standard InChI is InChI=1S/C17H22N2O2/c18-10-5-7-14-6-4-8-15(12-14)17(21)19-11-3-1-2-9-16(19)13-20/h4,6,8,12,16,20H,1-3,9-11,13,18H2. The number of nitrogens with two attached hydrogens (primary N) is 1. The molecule has 1 fully saturated rings. The monoisotopic (exact) mass is 286 g/mol. The molecule has 21 heavy (non-hydrogen) atoms. The Morgan fingerprint density at radius 1 is 1.38 bits per heavy atom. The minimum Gasteiger partial charge on any atom is -0.394 e. The summed E-state index contributed by atoms with van der Waals surface area (Å²) in [6.45, 7) is 1.04. The van der Waals surface area contributed by atoms with Crippen LogP contribution in [0.2, 0.25) is 0 Å². The lowest BCUT2D eigenvalue weighted by atomic mass is 10.1. The number of carbonyl (C=O) groups excluding carboxylic acids is 1. The van der Waals surface area contributed by atoms with Crippen LogP contribution in [0.3, 0.4) is 0 Å². The van der Waals surface area contributed by atoms with Crippen LogP contribution in [0.4, 0.5) is 0 Å². The van der Waals surface area contributed by atoms with Gasteiger partial charge in [-0.25, -0.2) is 0 Å². The highest BCUT2D eigenvalue weighted by molar-refractivity contribution is 5.94. The van der Waals surface area contributed by atoms with Gasteiger partial charge in [-0.2, -0.15) is 0 Å². The third kappa shape index (κ3) is 4.07. The number of carbonyl (C=O) groups is 1. The van der Waals surface area contributed by atoms with Gasteiger partial charge in [-0.3, -0.25) is 4.79 Å². The summed E-state index contributed by atoms with van der Waals surface area (Å²) in [5, 5.41) is 9.52. The van der Waals surface area contributed by atoms with Gasteiger partial charge < -0.3 is 15.7 Å². The van der Waals surface area contributed by atoms with Crippen LogP contribution >= 0.6 is 0 Å². The first-order chi connectivity index (χ1) is 10.3. The number of rotatable bonds is 2. The Balaban J connectivity index is 2.21. The normalized spacial score (nSPS) is 18.6. The summed E-state index contributed by atoms with van der Waals surface area (Å²) in [6.07, 6.45) is 4.04. The van der Waals surface area contributed by atoms with Crippen molar-refractivity contribution in [1.82, 2.24) is 4.90 Å². The van der Waals surface area contributed by atoms with E-state index >= 15 is 0 Å². The van der Waals surface area contributed by atoms with Crippen LogP contribution in [0.5, 0.6) is 0 Å². The molecule has 1 heterocycles. The van der Waals surface area contributed by atoms with Gasteiger partial charge in [0.1, 0.15) is 0 Å². The third-order valence-corrected chi connectivity index (χ3v) is 3.79. The molecule has 0 bridgehead atoms. The number of hydrogen-bond acceptors (Lipinski definition) is 3. The van der Waals surface area contributed by atoms with Crippen LogP contribution in [0.25, 0.3) is 0 Å². The highest BCUT2D eigenvalue weighted by Gasteiger charge is 2.25. The summed E-state index contributed by atoms with van der Waals surface area (Å²) in [4.78, 5) is 14.5. The number of aliphatic hydroxyl groups is 1. The van der Waals surface area contributed by atoms with Crippen LogP contribution in [-0.2, 0) is 0 Å². The maximum absolute atomic E-state index is 12.7. The quantitative estimate of drug-likeness (QED) is 0.807. The second kappa shape index (κ2) is 7.82. The van der Waals surface area contributed by atoms with E-state index in [4.69, 9.17) is 5.73 Å². The lowest BCUT2D eigenvalue weighted by molar-refractivity contribution is 0.0600. The predicted molar refractivity (Wildman–Crippen MR) is 82.8 cm³/mol. The SMILES string of the molecule is NCC#Cc1cccc(C(=O)N2CCCCCC2CO)c1. The van der Waals surface area contributed by atoms with Crippen molar-refractivity contribution in [2.45, 2.75) is 31.7 Å². The first-order valence-corrected chi connectivity index (χ1v) is 7.47. The third-order valence-electron chi connectivity index (χ3n) is 3.79. The molecule has 4 heteroatoms. The molecular formula is C17H22N2O2. The fraction of sp³-hybridized carbons (Fsp3) is 0.471. The molecule has 1 aliphatic rings. The van der Waals surface area contributed by atoms with E-state index in [0.717, 1.165) is 31.2 Å². The number of amides is 1. The Bertz CT molecular complexity index is 545. The molecule has 1 aliphatic heterocycles. The molecule has 1 atom stereocenters. The van der Waals surface area contributed by atoms with Gasteiger partial charge in [-0.05, 0) is 31.0 Å². The van der Waals surface area contributed by atoms with Gasteiger partial charge >= 0.3 is 0 Å². The Labute approximate surface area is 125 Å². The number of hydrogen-bond donors (Lipinski definition) is 2. The van der Waals surface area contributed by atoms with E-state index in [2.05, 4.69) is 11.8 Å². The minimum absolute atomic E-state index is 0.0210. The van der Waals surface area contributed by atoms with Crippen molar-refractivity contribution < 1.29 is 9.90 Å². The van der Waals surface area contributed by atoms with Gasteiger partial charge in [-0.15, -0.1) is 0 Å². The number of aliphatic hydroxyl groups excluding tert-OH is 1. The topological polar surface area (TPSA) is 66.6 Å². The zero-order chi connectivity index (χ0) is 15.1. The van der Waals surface area contributed by atoms with E-state index in [0.29, 0.717) is 18.7 Å². The first kappa shape index (κ1) is 15.6. The maximum Gasteiger partial charge on any atom is 0.254 e. The first-order valence-electron chi connectivity index (χ1n) is 7.47. The molecule has 1 unspecified atom stereocenters. The second-order valence-electron chi connectivity index (χ2n) is 5.27. The van der Waals surface area contributed by atoms with Gasteiger partial charge in [0, 0.05) is 17.7 Å². The van der Waals surface area contributed by atoms with Gasteiger partial charge in [0.2, 0.25) is 0 Å². The van der Waals surface area contributed by atoms with Crippen molar-refractivity contribution in [2.75, 3.05) is 19.7 Å². The lowest BCUT2D eigenvalue weighted by Crippen LogP contribution is -2.42. The van der Waals surface area contributed by atoms with Crippen molar-refractivity contribution >= 4 is 5.91 Å². The molecule has 1 amide bonds. The number of benzene rings is 1. The summed E-state index contributed by atoms with van der Waals surface area (Å²) in [5.74, 6) is 5.72.